The second kappa shape index (κ2) is 2.29. The van der Waals surface area contributed by atoms with Crippen LogP contribution in [0.2, 0.25) is 0 Å². The molecule has 0 bridgehead atoms. The summed E-state index contributed by atoms with van der Waals surface area (Å²) >= 11 is 0. The Kier molecular flexibility index (Phi) is 1.45. The number of hydrogen-bond acceptors (Lipinski definition) is 2. The van der Waals surface area contributed by atoms with E-state index in [0.717, 1.165) is 6.61 Å². The molecule has 0 N–H and O–H groups in total. The zero-order chi connectivity index (χ0) is 9.10. The van der Waals surface area contributed by atoms with E-state index in [2.05, 4.69) is 13.8 Å². The molecule has 4 atom stereocenters. The van der Waals surface area contributed by atoms with E-state index in [1.54, 1.807) is 0 Å². The van der Waals surface area contributed by atoms with Crippen LogP contribution in [0, 0.1) is 5.92 Å². The first-order chi connectivity index (χ1) is 6.17. The molecule has 1 saturated carbocycles. The summed E-state index contributed by atoms with van der Waals surface area (Å²) in [5, 5.41) is 0. The van der Waals surface area contributed by atoms with E-state index in [1.807, 2.05) is 0 Å². The minimum absolute atomic E-state index is 0.150. The van der Waals surface area contributed by atoms with Gasteiger partial charge in [0.25, 0.3) is 0 Å². The van der Waals surface area contributed by atoms with E-state index in [0.29, 0.717) is 12.0 Å². The van der Waals surface area contributed by atoms with E-state index in [4.69, 9.17) is 9.47 Å². The molecule has 0 aromatic carbocycles. The van der Waals surface area contributed by atoms with Crippen molar-refractivity contribution in [3.63, 3.8) is 0 Å². The Morgan fingerprint density at radius 1 is 1.31 bits per heavy atom. The molecule has 3 rings (SSSR count). The second-order valence-electron chi connectivity index (χ2n) is 5.10. The highest BCUT2D eigenvalue weighted by atomic mass is 16.6. The summed E-state index contributed by atoms with van der Waals surface area (Å²) in [6, 6.07) is 0. The van der Waals surface area contributed by atoms with E-state index >= 15 is 0 Å². The lowest BCUT2D eigenvalue weighted by atomic mass is 9.71. The summed E-state index contributed by atoms with van der Waals surface area (Å²) in [6.07, 6.45) is 5.74. The molecule has 2 heterocycles. The molecule has 2 aliphatic heterocycles. The Balaban J connectivity index is 1.82. The van der Waals surface area contributed by atoms with Crippen molar-refractivity contribution < 1.29 is 9.47 Å². The van der Waals surface area contributed by atoms with Crippen molar-refractivity contribution >= 4 is 0 Å². The highest BCUT2D eigenvalue weighted by molar-refractivity contribution is 5.14. The molecule has 4 unspecified atom stereocenters. The van der Waals surface area contributed by atoms with E-state index in [-0.39, 0.29) is 11.2 Å². The van der Waals surface area contributed by atoms with Crippen molar-refractivity contribution in [3.8, 4) is 0 Å². The summed E-state index contributed by atoms with van der Waals surface area (Å²) < 4.78 is 11.4. The van der Waals surface area contributed by atoms with Crippen LogP contribution in [0.4, 0.5) is 0 Å². The van der Waals surface area contributed by atoms with Crippen LogP contribution in [0.15, 0.2) is 0 Å². The minimum Gasteiger partial charge on any atom is -0.369 e. The zero-order valence-corrected chi connectivity index (χ0v) is 8.51. The van der Waals surface area contributed by atoms with Crippen molar-refractivity contribution in [3.05, 3.63) is 0 Å². The lowest BCUT2D eigenvalue weighted by Crippen LogP contribution is -2.39. The molecule has 3 fully saturated rings. The maximum absolute atomic E-state index is 5.74. The molecule has 2 heteroatoms. The van der Waals surface area contributed by atoms with Gasteiger partial charge in [0, 0.05) is 5.92 Å². The van der Waals surface area contributed by atoms with Gasteiger partial charge in [-0.1, -0.05) is 12.8 Å². The fourth-order valence-electron chi connectivity index (χ4n) is 3.17. The number of epoxide rings is 2. The first-order valence-electron chi connectivity index (χ1n) is 5.49. The SMILES string of the molecule is CC1OC1(C)C1CCCCC12CO2. The average Bonchev–Trinajstić information content (AvgIpc) is 2.97. The Morgan fingerprint density at radius 2 is 2.00 bits per heavy atom. The highest BCUT2D eigenvalue weighted by Crippen LogP contribution is 2.57. The molecule has 1 spiro atoms. The number of rotatable bonds is 1. The maximum Gasteiger partial charge on any atom is 0.0973 e. The molecule has 1 aliphatic carbocycles. The predicted molar refractivity (Wildman–Crippen MR) is 49.6 cm³/mol. The molecule has 2 saturated heterocycles. The van der Waals surface area contributed by atoms with Crippen LogP contribution < -0.4 is 0 Å². The summed E-state index contributed by atoms with van der Waals surface area (Å²) in [5.41, 5.74) is 0.397. The van der Waals surface area contributed by atoms with Gasteiger partial charge < -0.3 is 9.47 Å². The lowest BCUT2D eigenvalue weighted by molar-refractivity contribution is 0.0886. The quantitative estimate of drug-likeness (QED) is 0.580. The van der Waals surface area contributed by atoms with Gasteiger partial charge in [0.1, 0.15) is 0 Å². The van der Waals surface area contributed by atoms with Crippen LogP contribution in [0.5, 0.6) is 0 Å². The Labute approximate surface area is 79.6 Å². The van der Waals surface area contributed by atoms with Gasteiger partial charge in [0.2, 0.25) is 0 Å². The van der Waals surface area contributed by atoms with Crippen molar-refractivity contribution in [2.24, 2.45) is 5.92 Å². The summed E-state index contributed by atoms with van der Waals surface area (Å²) in [6.45, 7) is 5.44. The van der Waals surface area contributed by atoms with Crippen molar-refractivity contribution in [1.82, 2.24) is 0 Å². The third-order valence-corrected chi connectivity index (χ3v) is 4.37. The lowest BCUT2D eigenvalue weighted by Gasteiger charge is -2.32. The van der Waals surface area contributed by atoms with Gasteiger partial charge in [-0.2, -0.15) is 0 Å². The minimum atomic E-state index is 0.150. The monoisotopic (exact) mass is 182 g/mol. The normalized spacial score (nSPS) is 59.5. The molecular weight excluding hydrogens is 164 g/mol. The third-order valence-electron chi connectivity index (χ3n) is 4.37. The van der Waals surface area contributed by atoms with Crippen LogP contribution in [-0.2, 0) is 9.47 Å². The number of ether oxygens (including phenoxy) is 2. The Morgan fingerprint density at radius 3 is 2.54 bits per heavy atom. The molecule has 13 heavy (non-hydrogen) atoms. The Hall–Kier alpha value is -0.0800. The van der Waals surface area contributed by atoms with Gasteiger partial charge in [0.05, 0.1) is 23.9 Å². The van der Waals surface area contributed by atoms with Gasteiger partial charge in [-0.3, -0.25) is 0 Å². The maximum atomic E-state index is 5.74. The molecular formula is C11H18O2. The standard InChI is InChI=1S/C11H18O2/c1-8-10(2,13-8)9-5-3-4-6-11(9)7-12-11/h8-9H,3-7H2,1-2H3. The molecule has 0 radical (unpaired) electrons. The molecule has 0 aromatic heterocycles. The van der Waals surface area contributed by atoms with Gasteiger partial charge >= 0.3 is 0 Å². The van der Waals surface area contributed by atoms with Crippen LogP contribution in [-0.4, -0.2) is 23.9 Å². The fraction of sp³-hybridized carbons (Fsp3) is 1.00. The highest BCUT2D eigenvalue weighted by Gasteiger charge is 2.66. The third kappa shape index (κ3) is 1.02. The largest absolute Gasteiger partial charge is 0.369 e. The second-order valence-corrected chi connectivity index (χ2v) is 5.10. The van der Waals surface area contributed by atoms with Gasteiger partial charge in [-0.25, -0.2) is 0 Å². The van der Waals surface area contributed by atoms with Crippen LogP contribution in [0.1, 0.15) is 39.5 Å². The van der Waals surface area contributed by atoms with Crippen molar-refractivity contribution in [2.75, 3.05) is 6.61 Å². The fourth-order valence-corrected chi connectivity index (χ4v) is 3.17. The van der Waals surface area contributed by atoms with Crippen LogP contribution >= 0.6 is 0 Å². The number of hydrogen-bond donors (Lipinski definition) is 0. The first kappa shape index (κ1) is 8.25. The summed E-state index contributed by atoms with van der Waals surface area (Å²) in [7, 11) is 0. The molecule has 0 aromatic rings. The van der Waals surface area contributed by atoms with Crippen LogP contribution in [0.3, 0.4) is 0 Å². The predicted octanol–water partition coefficient (Wildman–Crippen LogP) is 2.12. The van der Waals surface area contributed by atoms with Crippen molar-refractivity contribution in [2.45, 2.75) is 56.8 Å². The van der Waals surface area contributed by atoms with Gasteiger partial charge in [-0.05, 0) is 26.7 Å². The van der Waals surface area contributed by atoms with Gasteiger partial charge in [-0.15, -0.1) is 0 Å². The van der Waals surface area contributed by atoms with E-state index in [9.17, 15) is 0 Å². The molecule has 3 aliphatic rings. The smallest absolute Gasteiger partial charge is 0.0973 e. The molecule has 0 amide bonds. The average molecular weight is 182 g/mol. The zero-order valence-electron chi connectivity index (χ0n) is 8.51. The Bertz CT molecular complexity index is 232. The van der Waals surface area contributed by atoms with Crippen molar-refractivity contribution in [1.29, 1.82) is 0 Å². The first-order valence-corrected chi connectivity index (χ1v) is 5.49. The van der Waals surface area contributed by atoms with Crippen LogP contribution in [0.25, 0.3) is 0 Å². The topological polar surface area (TPSA) is 25.1 Å². The molecule has 74 valence electrons. The van der Waals surface area contributed by atoms with E-state index in [1.165, 1.54) is 25.7 Å². The van der Waals surface area contributed by atoms with Gasteiger partial charge in [0.15, 0.2) is 0 Å². The molecule has 2 nitrogen and oxygen atoms in total. The summed E-state index contributed by atoms with van der Waals surface area (Å²) in [4.78, 5) is 0. The summed E-state index contributed by atoms with van der Waals surface area (Å²) in [5.74, 6) is 0.670. The van der Waals surface area contributed by atoms with E-state index < -0.39 is 0 Å².